The second kappa shape index (κ2) is 13.4. The van der Waals surface area contributed by atoms with Gasteiger partial charge < -0.3 is 19.9 Å². The van der Waals surface area contributed by atoms with Gasteiger partial charge in [0.1, 0.15) is 24.5 Å². The third-order valence-electron chi connectivity index (χ3n) is 6.73. The van der Waals surface area contributed by atoms with E-state index in [0.29, 0.717) is 36.8 Å². The van der Waals surface area contributed by atoms with Crippen molar-refractivity contribution in [3.05, 3.63) is 64.7 Å². The minimum absolute atomic E-state index is 0.0785. The Balaban J connectivity index is 1.44. The van der Waals surface area contributed by atoms with Gasteiger partial charge in [0.05, 0.1) is 12.2 Å². The van der Waals surface area contributed by atoms with E-state index in [-0.39, 0.29) is 24.5 Å². The van der Waals surface area contributed by atoms with E-state index < -0.39 is 6.10 Å². The number of aliphatic hydroxyl groups is 1. The van der Waals surface area contributed by atoms with E-state index in [4.69, 9.17) is 9.47 Å². The smallest absolute Gasteiger partial charge is 0.306 e. The molecule has 2 N–H and O–H groups in total. The third-order valence-corrected chi connectivity index (χ3v) is 6.73. The average molecular weight is 493 g/mol. The van der Waals surface area contributed by atoms with E-state index in [1.54, 1.807) is 12.1 Å². The first-order valence-electron chi connectivity index (χ1n) is 13.1. The summed E-state index contributed by atoms with van der Waals surface area (Å²) in [6.45, 7) is 7.33. The Labute approximate surface area is 215 Å². The molecule has 1 aliphatic rings. The molecule has 2 aromatic rings. The van der Waals surface area contributed by atoms with Gasteiger partial charge in [-0.05, 0) is 80.7 Å². The van der Waals surface area contributed by atoms with Crippen molar-refractivity contribution in [2.24, 2.45) is 5.92 Å². The van der Waals surface area contributed by atoms with Crippen LogP contribution in [-0.2, 0) is 28.8 Å². The highest BCUT2D eigenvalue weighted by Gasteiger charge is 2.28. The summed E-state index contributed by atoms with van der Waals surface area (Å²) in [5.41, 5.74) is 4.09. The van der Waals surface area contributed by atoms with Gasteiger partial charge in [-0.3, -0.25) is 4.79 Å². The van der Waals surface area contributed by atoms with Crippen molar-refractivity contribution in [3.63, 3.8) is 0 Å². The number of nitrogens with zero attached hydrogens (tertiary/aromatic N) is 1. The van der Waals surface area contributed by atoms with Crippen LogP contribution in [0.3, 0.4) is 0 Å². The molecule has 0 unspecified atom stereocenters. The number of rotatable bonds is 14. The summed E-state index contributed by atoms with van der Waals surface area (Å²) in [5, 5.41) is 23.5. The zero-order valence-electron chi connectivity index (χ0n) is 21.9. The van der Waals surface area contributed by atoms with Crippen molar-refractivity contribution in [2.45, 2.75) is 77.4 Å². The number of unbranched alkanes of at least 4 members (excludes halogenated alkanes) is 1. The molecule has 6 heteroatoms. The Bertz CT molecular complexity index is 1020. The van der Waals surface area contributed by atoms with Crippen LogP contribution in [0.1, 0.15) is 68.7 Å². The number of benzene rings is 2. The first-order chi connectivity index (χ1) is 17.3. The maximum absolute atomic E-state index is 11.9. The standard InChI is InChI=1S/C30H40N2O4/c1-4-5-14-35-29(34)13-11-22-10-12-26(19-31)28(17-22)36-21-27(33)20-32-30(2,3)18-23-15-24-8-6-7-9-25(24)16-23/h6-10,12,17,23,27,32-33H,4-5,11,13-16,18,20-21H2,1-3H3/t27-/m1/s1. The van der Waals surface area contributed by atoms with E-state index >= 15 is 0 Å². The van der Waals surface area contributed by atoms with Crippen LogP contribution >= 0.6 is 0 Å². The number of hydrogen-bond donors (Lipinski definition) is 2. The first kappa shape index (κ1) is 27.7. The van der Waals surface area contributed by atoms with Crippen LogP contribution in [0.5, 0.6) is 5.75 Å². The van der Waals surface area contributed by atoms with Crippen LogP contribution in [0.15, 0.2) is 42.5 Å². The van der Waals surface area contributed by atoms with Crippen molar-refractivity contribution in [1.82, 2.24) is 5.32 Å². The van der Waals surface area contributed by atoms with Gasteiger partial charge in [0, 0.05) is 18.5 Å². The van der Waals surface area contributed by atoms with Crippen LogP contribution < -0.4 is 10.1 Å². The van der Waals surface area contributed by atoms with Crippen molar-refractivity contribution in [1.29, 1.82) is 5.26 Å². The minimum atomic E-state index is -0.714. The third kappa shape index (κ3) is 8.65. The molecule has 6 nitrogen and oxygen atoms in total. The Kier molecular flexibility index (Phi) is 10.3. The van der Waals surface area contributed by atoms with E-state index in [0.717, 1.165) is 37.7 Å². The SMILES string of the molecule is CCCCOC(=O)CCc1ccc(C#N)c(OC[C@H](O)CNC(C)(C)CC2Cc3ccccc3C2)c1. The first-order valence-corrected chi connectivity index (χ1v) is 13.1. The number of hydrogen-bond acceptors (Lipinski definition) is 6. The highest BCUT2D eigenvalue weighted by atomic mass is 16.5. The molecule has 1 atom stereocenters. The average Bonchev–Trinajstić information content (AvgIpc) is 3.26. The van der Waals surface area contributed by atoms with Crippen LogP contribution in [0.2, 0.25) is 0 Å². The fourth-order valence-electron chi connectivity index (χ4n) is 4.81. The molecule has 0 saturated heterocycles. The van der Waals surface area contributed by atoms with Gasteiger partial charge in [0.15, 0.2) is 0 Å². The molecule has 0 fully saturated rings. The number of aliphatic hydroxyl groups excluding tert-OH is 1. The van der Waals surface area contributed by atoms with Gasteiger partial charge in [-0.15, -0.1) is 0 Å². The number of fused-ring (bicyclic) bond motifs is 1. The molecule has 0 aromatic heterocycles. The van der Waals surface area contributed by atoms with Gasteiger partial charge in [-0.1, -0.05) is 43.7 Å². The molecular formula is C30H40N2O4. The maximum Gasteiger partial charge on any atom is 0.306 e. The van der Waals surface area contributed by atoms with Gasteiger partial charge >= 0.3 is 5.97 Å². The number of carbonyl (C=O) groups is 1. The van der Waals surface area contributed by atoms with Gasteiger partial charge in [-0.25, -0.2) is 0 Å². The molecule has 1 aliphatic carbocycles. The van der Waals surface area contributed by atoms with Gasteiger partial charge in [-0.2, -0.15) is 5.26 Å². The number of nitrogens with one attached hydrogen (secondary N) is 1. The molecule has 0 spiro atoms. The van der Waals surface area contributed by atoms with E-state index in [1.807, 2.05) is 6.07 Å². The lowest BCUT2D eigenvalue weighted by atomic mass is 9.88. The zero-order valence-corrected chi connectivity index (χ0v) is 21.9. The fourth-order valence-corrected chi connectivity index (χ4v) is 4.81. The predicted octanol–water partition coefficient (Wildman–Crippen LogP) is 4.75. The molecule has 0 aliphatic heterocycles. The largest absolute Gasteiger partial charge is 0.489 e. The molecule has 0 heterocycles. The monoisotopic (exact) mass is 492 g/mol. The molecule has 0 saturated carbocycles. The maximum atomic E-state index is 11.9. The molecule has 0 amide bonds. The van der Waals surface area contributed by atoms with Crippen LogP contribution in [-0.4, -0.2) is 42.5 Å². The molecule has 36 heavy (non-hydrogen) atoms. The Hall–Kier alpha value is -2.88. The summed E-state index contributed by atoms with van der Waals surface area (Å²) in [4.78, 5) is 11.9. The van der Waals surface area contributed by atoms with Crippen LogP contribution in [0.25, 0.3) is 0 Å². The molecule has 3 rings (SSSR count). The lowest BCUT2D eigenvalue weighted by Crippen LogP contribution is -2.46. The van der Waals surface area contributed by atoms with Crippen molar-refractivity contribution in [3.8, 4) is 11.8 Å². The van der Waals surface area contributed by atoms with Crippen molar-refractivity contribution >= 4 is 5.97 Å². The minimum Gasteiger partial charge on any atom is -0.489 e. The number of nitriles is 1. The normalized spacial score (nSPS) is 14.2. The lowest BCUT2D eigenvalue weighted by Gasteiger charge is -2.30. The summed E-state index contributed by atoms with van der Waals surface area (Å²) in [5.74, 6) is 0.806. The molecule has 0 bridgehead atoms. The summed E-state index contributed by atoms with van der Waals surface area (Å²) >= 11 is 0. The fraction of sp³-hybridized carbons (Fsp3) is 0.533. The molecular weight excluding hydrogens is 452 g/mol. The van der Waals surface area contributed by atoms with E-state index in [2.05, 4.69) is 56.4 Å². The highest BCUT2D eigenvalue weighted by molar-refractivity contribution is 5.69. The van der Waals surface area contributed by atoms with Crippen molar-refractivity contribution < 1.29 is 19.4 Å². The summed E-state index contributed by atoms with van der Waals surface area (Å²) < 4.78 is 11.0. The van der Waals surface area contributed by atoms with Gasteiger partial charge in [0.25, 0.3) is 0 Å². The lowest BCUT2D eigenvalue weighted by molar-refractivity contribution is -0.143. The molecule has 2 aromatic carbocycles. The molecule has 0 radical (unpaired) electrons. The second-order valence-corrected chi connectivity index (χ2v) is 10.5. The van der Waals surface area contributed by atoms with E-state index in [9.17, 15) is 15.2 Å². The number of carbonyl (C=O) groups excluding carboxylic acids is 1. The predicted molar refractivity (Wildman–Crippen MR) is 141 cm³/mol. The highest BCUT2D eigenvalue weighted by Crippen LogP contribution is 2.32. The zero-order chi connectivity index (χ0) is 26.0. The topological polar surface area (TPSA) is 91.6 Å². The summed E-state index contributed by atoms with van der Waals surface area (Å²) in [6, 6.07) is 16.1. The van der Waals surface area contributed by atoms with E-state index in [1.165, 1.54) is 11.1 Å². The van der Waals surface area contributed by atoms with Crippen molar-refractivity contribution in [2.75, 3.05) is 19.8 Å². The number of β-amino-alcohol motifs (C(OH)–C–C–N with tert-alkyl or cyclic N) is 1. The van der Waals surface area contributed by atoms with Crippen LogP contribution in [0.4, 0.5) is 0 Å². The Morgan fingerprint density at radius 3 is 2.61 bits per heavy atom. The quantitative estimate of drug-likeness (QED) is 0.292. The summed E-state index contributed by atoms with van der Waals surface area (Å²) in [7, 11) is 0. The number of aryl methyl sites for hydroxylation is 1. The number of ether oxygens (including phenoxy) is 2. The van der Waals surface area contributed by atoms with Gasteiger partial charge in [0.2, 0.25) is 0 Å². The Morgan fingerprint density at radius 1 is 1.22 bits per heavy atom. The second-order valence-electron chi connectivity index (χ2n) is 10.5. The molecule has 194 valence electrons. The Morgan fingerprint density at radius 2 is 1.94 bits per heavy atom. The van der Waals surface area contributed by atoms with Crippen LogP contribution in [0, 0.1) is 17.2 Å². The number of esters is 1. The summed E-state index contributed by atoms with van der Waals surface area (Å²) in [6.07, 6.45) is 5.17.